The second kappa shape index (κ2) is 14.8. The number of aryl methyl sites for hydroxylation is 2. The number of methoxy groups -OCH3 is 1. The second-order valence-corrected chi connectivity index (χ2v) is 5.39. The number of aromatic nitrogens is 2. The Bertz CT molecular complexity index is 680. The molecule has 1 aromatic carbocycles. The van der Waals surface area contributed by atoms with Gasteiger partial charge in [-0.25, -0.2) is 4.68 Å². The van der Waals surface area contributed by atoms with Gasteiger partial charge in [0.05, 0.1) is 17.1 Å². The first-order valence-corrected chi connectivity index (χ1v) is 8.99. The van der Waals surface area contributed by atoms with E-state index in [0.29, 0.717) is 11.4 Å². The minimum atomic E-state index is -0.613. The molecule has 0 fully saturated rings. The Balaban J connectivity index is 0. The van der Waals surface area contributed by atoms with Crippen LogP contribution in [-0.4, -0.2) is 41.6 Å². The van der Waals surface area contributed by atoms with E-state index in [2.05, 4.69) is 12.0 Å². The molecule has 5 N–H and O–H groups in total. The van der Waals surface area contributed by atoms with Gasteiger partial charge in [0.2, 0.25) is 0 Å². The van der Waals surface area contributed by atoms with Crippen LogP contribution in [0.4, 0.5) is 5.69 Å². The summed E-state index contributed by atoms with van der Waals surface area (Å²) in [4.78, 5) is 11.2. The lowest BCUT2D eigenvalue weighted by Gasteiger charge is -2.07. The van der Waals surface area contributed by atoms with Crippen LogP contribution in [0.2, 0.25) is 0 Å². The molecule has 2 rings (SSSR count). The molecule has 0 unspecified atom stereocenters. The van der Waals surface area contributed by atoms with E-state index >= 15 is 0 Å². The summed E-state index contributed by atoms with van der Waals surface area (Å²) in [5.41, 5.74) is 15.4. The predicted octanol–water partition coefficient (Wildman–Crippen LogP) is 3.16. The highest BCUT2D eigenvalue weighted by molar-refractivity contribution is 5.96. The van der Waals surface area contributed by atoms with Crippen molar-refractivity contribution in [2.75, 3.05) is 26.6 Å². The Kier molecular flexibility index (Phi) is 14.7. The van der Waals surface area contributed by atoms with E-state index in [0.717, 1.165) is 31.4 Å². The summed E-state index contributed by atoms with van der Waals surface area (Å²) in [6.07, 6.45) is 1.12. The number of nitrogens with zero attached hydrogens (tertiary/aromatic N) is 2. The number of ether oxygens (including phenoxy) is 1. The number of anilines is 1. The van der Waals surface area contributed by atoms with Crippen molar-refractivity contribution in [3.63, 3.8) is 0 Å². The van der Waals surface area contributed by atoms with E-state index in [9.17, 15) is 4.79 Å². The molecule has 0 radical (unpaired) electrons. The fourth-order valence-corrected chi connectivity index (χ4v) is 2.01. The molecule has 1 amide bonds. The van der Waals surface area contributed by atoms with E-state index in [1.807, 2.05) is 52.8 Å². The molecule has 0 aliphatic carbocycles. The van der Waals surface area contributed by atoms with Crippen molar-refractivity contribution in [3.8, 4) is 5.69 Å². The average Bonchev–Trinajstić information content (AvgIpc) is 2.97. The van der Waals surface area contributed by atoms with Crippen LogP contribution in [0.1, 0.15) is 54.5 Å². The Morgan fingerprint density at radius 3 is 2.07 bits per heavy atom. The van der Waals surface area contributed by atoms with E-state index < -0.39 is 5.91 Å². The van der Waals surface area contributed by atoms with Crippen LogP contribution in [0.5, 0.6) is 0 Å². The van der Waals surface area contributed by atoms with Gasteiger partial charge in [-0.05, 0) is 50.5 Å². The number of amides is 1. The molecule has 0 saturated heterocycles. The van der Waals surface area contributed by atoms with Crippen molar-refractivity contribution in [1.82, 2.24) is 9.78 Å². The zero-order valence-corrected chi connectivity index (χ0v) is 18.0. The van der Waals surface area contributed by atoms with E-state index in [-0.39, 0.29) is 5.69 Å². The third-order valence-corrected chi connectivity index (χ3v) is 3.54. The van der Waals surface area contributed by atoms with Crippen LogP contribution in [0, 0.1) is 20.8 Å². The molecule has 0 aliphatic rings. The summed E-state index contributed by atoms with van der Waals surface area (Å²) in [6, 6.07) is 5.94. The summed E-state index contributed by atoms with van der Waals surface area (Å²) in [6.45, 7) is 12.8. The molecule has 1 aromatic heterocycles. The van der Waals surface area contributed by atoms with Crippen LogP contribution in [-0.2, 0) is 4.74 Å². The average molecular weight is 381 g/mol. The molecular formula is C20H36N4O3. The molecule has 7 nitrogen and oxygen atoms in total. The molecule has 2 aromatic rings. The van der Waals surface area contributed by atoms with Gasteiger partial charge >= 0.3 is 0 Å². The number of aliphatic hydroxyl groups excluding tert-OH is 1. The van der Waals surface area contributed by atoms with Crippen LogP contribution >= 0.6 is 0 Å². The Morgan fingerprint density at radius 1 is 1.19 bits per heavy atom. The van der Waals surface area contributed by atoms with Gasteiger partial charge in [-0.15, -0.1) is 0 Å². The molecular weight excluding hydrogens is 344 g/mol. The van der Waals surface area contributed by atoms with E-state index in [1.54, 1.807) is 11.8 Å². The van der Waals surface area contributed by atoms with E-state index in [4.69, 9.17) is 21.3 Å². The van der Waals surface area contributed by atoms with Crippen LogP contribution in [0.25, 0.3) is 5.69 Å². The van der Waals surface area contributed by atoms with Crippen molar-refractivity contribution in [1.29, 1.82) is 0 Å². The van der Waals surface area contributed by atoms with Crippen LogP contribution in [0.15, 0.2) is 18.2 Å². The maximum absolute atomic E-state index is 11.2. The molecule has 27 heavy (non-hydrogen) atoms. The van der Waals surface area contributed by atoms with Crippen molar-refractivity contribution in [2.24, 2.45) is 5.73 Å². The number of rotatable bonds is 4. The fourth-order valence-electron chi connectivity index (χ4n) is 2.01. The van der Waals surface area contributed by atoms with Crippen molar-refractivity contribution < 1.29 is 14.6 Å². The number of hydrogen-bond donors (Lipinski definition) is 3. The number of nitrogen functional groups attached to an aromatic ring is 1. The lowest BCUT2D eigenvalue weighted by molar-refractivity contribution is 0.0996. The zero-order chi connectivity index (χ0) is 21.6. The minimum absolute atomic E-state index is 0.116. The van der Waals surface area contributed by atoms with Gasteiger partial charge in [-0.2, -0.15) is 5.10 Å². The summed E-state index contributed by atoms with van der Waals surface area (Å²) < 4.78 is 6.33. The van der Waals surface area contributed by atoms with Gasteiger partial charge in [0.15, 0.2) is 5.69 Å². The normalized spacial score (nSPS) is 9.07. The molecule has 0 saturated carbocycles. The molecule has 1 heterocycles. The molecule has 154 valence electrons. The maximum atomic E-state index is 11.2. The van der Waals surface area contributed by atoms with Gasteiger partial charge in [0.1, 0.15) is 0 Å². The summed E-state index contributed by atoms with van der Waals surface area (Å²) >= 11 is 0. The Labute approximate surface area is 163 Å². The monoisotopic (exact) mass is 380 g/mol. The van der Waals surface area contributed by atoms with Gasteiger partial charge in [-0.3, -0.25) is 4.79 Å². The summed E-state index contributed by atoms with van der Waals surface area (Å²) in [5, 5.41) is 11.2. The summed E-state index contributed by atoms with van der Waals surface area (Å²) in [7, 11) is 2.71. The second-order valence-electron chi connectivity index (χ2n) is 5.39. The number of carbonyl (C=O) groups is 1. The lowest BCUT2D eigenvalue weighted by atomic mass is 10.1. The highest BCUT2D eigenvalue weighted by Crippen LogP contribution is 2.21. The topological polar surface area (TPSA) is 116 Å². The van der Waals surface area contributed by atoms with Gasteiger partial charge in [-0.1, -0.05) is 26.8 Å². The molecule has 0 bridgehead atoms. The first-order chi connectivity index (χ1) is 12.8. The molecule has 0 atom stereocenters. The first-order valence-electron chi connectivity index (χ1n) is 8.99. The van der Waals surface area contributed by atoms with E-state index in [1.165, 1.54) is 5.56 Å². The number of hydrogen-bond acceptors (Lipinski definition) is 5. The quantitative estimate of drug-likeness (QED) is 0.753. The maximum Gasteiger partial charge on any atom is 0.271 e. The largest absolute Gasteiger partial charge is 0.400 e. The number of benzene rings is 1. The zero-order valence-electron chi connectivity index (χ0n) is 18.0. The smallest absolute Gasteiger partial charge is 0.271 e. The standard InChI is InChI=1S/C13H16N4O.C4H10O.C2H6.CH4O/c1-7-4-5-10(6-8(7)2)17-9(3)11(14)12(16-17)13(15)18;1-3-4-5-2;2*1-2/h4-6H,14H2,1-3H3,(H2,15,18);3-4H2,1-2H3;1-2H3;2H,1H3. The summed E-state index contributed by atoms with van der Waals surface area (Å²) in [5.74, 6) is -0.613. The van der Waals surface area contributed by atoms with Gasteiger partial charge in [0, 0.05) is 20.8 Å². The molecule has 7 heteroatoms. The van der Waals surface area contributed by atoms with Gasteiger partial charge in [0.25, 0.3) is 5.91 Å². The third kappa shape index (κ3) is 8.23. The number of aliphatic hydroxyl groups is 1. The van der Waals surface area contributed by atoms with Crippen LogP contribution < -0.4 is 11.5 Å². The minimum Gasteiger partial charge on any atom is -0.400 e. The molecule has 0 aliphatic heterocycles. The predicted molar refractivity (Wildman–Crippen MR) is 112 cm³/mol. The lowest BCUT2D eigenvalue weighted by Crippen LogP contribution is -2.14. The number of carbonyl (C=O) groups excluding carboxylic acids is 1. The highest BCUT2D eigenvalue weighted by Gasteiger charge is 2.17. The highest BCUT2D eigenvalue weighted by atomic mass is 16.5. The van der Waals surface area contributed by atoms with Crippen molar-refractivity contribution in [2.45, 2.75) is 48.0 Å². The third-order valence-electron chi connectivity index (χ3n) is 3.54. The van der Waals surface area contributed by atoms with Crippen molar-refractivity contribution >= 4 is 11.6 Å². The fraction of sp³-hybridized carbons (Fsp3) is 0.500. The Hall–Kier alpha value is -2.38. The van der Waals surface area contributed by atoms with Crippen LogP contribution in [0.3, 0.4) is 0 Å². The number of primary amides is 1. The first kappa shape index (κ1) is 26.8. The Morgan fingerprint density at radius 2 is 1.74 bits per heavy atom. The van der Waals surface area contributed by atoms with Gasteiger partial charge < -0.3 is 21.3 Å². The van der Waals surface area contributed by atoms with Crippen molar-refractivity contribution in [3.05, 3.63) is 40.7 Å². The number of nitrogens with two attached hydrogens (primary N) is 2. The molecule has 0 spiro atoms. The SMILES string of the molecule is CC.CCCOC.CO.Cc1ccc(-n2nc(C(N)=O)c(N)c2C)cc1C.